The summed E-state index contributed by atoms with van der Waals surface area (Å²) in [6, 6.07) is 12.0. The third-order valence-corrected chi connectivity index (χ3v) is 3.79. The van der Waals surface area contributed by atoms with Crippen LogP contribution in [-0.2, 0) is 6.42 Å². The highest BCUT2D eigenvalue weighted by molar-refractivity contribution is 7.13. The van der Waals surface area contributed by atoms with Crippen LogP contribution in [0.25, 0.3) is 10.6 Å². The fourth-order valence-electron chi connectivity index (χ4n) is 1.84. The van der Waals surface area contributed by atoms with Crippen molar-refractivity contribution in [3.63, 3.8) is 0 Å². The zero-order valence-corrected chi connectivity index (χ0v) is 11.1. The molecule has 0 radical (unpaired) electrons. The quantitative estimate of drug-likeness (QED) is 0.754. The summed E-state index contributed by atoms with van der Waals surface area (Å²) in [7, 11) is 0. The van der Waals surface area contributed by atoms with Crippen molar-refractivity contribution in [1.29, 1.82) is 0 Å². The Bertz CT molecular complexity index is 643. The van der Waals surface area contributed by atoms with Crippen molar-refractivity contribution < 1.29 is 0 Å². The fourth-order valence-corrected chi connectivity index (χ4v) is 2.74. The highest BCUT2D eigenvalue weighted by Crippen LogP contribution is 2.23. The molecular formula is C14H11ClN2S. The number of imidazole rings is 1. The second kappa shape index (κ2) is 4.96. The molecule has 4 heteroatoms. The molecule has 2 nitrogen and oxygen atoms in total. The summed E-state index contributed by atoms with van der Waals surface area (Å²) in [5, 5.41) is 2.82. The lowest BCUT2D eigenvalue weighted by Gasteiger charge is -1.98. The van der Waals surface area contributed by atoms with Gasteiger partial charge in [-0.15, -0.1) is 11.3 Å². The average molecular weight is 275 g/mol. The number of rotatable bonds is 3. The molecule has 0 atom stereocenters. The van der Waals surface area contributed by atoms with Gasteiger partial charge >= 0.3 is 0 Å². The van der Waals surface area contributed by atoms with Crippen molar-refractivity contribution in [2.24, 2.45) is 0 Å². The molecular weight excluding hydrogens is 264 g/mol. The Morgan fingerprint density at radius 2 is 2.17 bits per heavy atom. The van der Waals surface area contributed by atoms with Gasteiger partial charge in [-0.3, -0.25) is 0 Å². The lowest BCUT2D eigenvalue weighted by Crippen LogP contribution is -1.90. The molecule has 90 valence electrons. The van der Waals surface area contributed by atoms with Crippen LogP contribution in [0.3, 0.4) is 0 Å². The number of nitrogens with zero attached hydrogens (tertiary/aromatic N) is 1. The molecule has 0 aliphatic rings. The van der Waals surface area contributed by atoms with Crippen LogP contribution in [-0.4, -0.2) is 9.97 Å². The first-order valence-electron chi connectivity index (χ1n) is 5.64. The van der Waals surface area contributed by atoms with E-state index in [9.17, 15) is 0 Å². The number of nitrogens with one attached hydrogen (secondary N) is 1. The van der Waals surface area contributed by atoms with Gasteiger partial charge in [-0.25, -0.2) is 4.98 Å². The van der Waals surface area contributed by atoms with Gasteiger partial charge in [0.25, 0.3) is 0 Å². The molecule has 2 heterocycles. The summed E-state index contributed by atoms with van der Waals surface area (Å²) >= 11 is 7.66. The van der Waals surface area contributed by atoms with Gasteiger partial charge in [0.2, 0.25) is 0 Å². The smallest absolute Gasteiger partial charge is 0.111 e. The maximum atomic E-state index is 5.97. The zero-order chi connectivity index (χ0) is 12.4. The van der Waals surface area contributed by atoms with E-state index in [1.54, 1.807) is 11.3 Å². The van der Waals surface area contributed by atoms with Crippen molar-refractivity contribution in [1.82, 2.24) is 9.97 Å². The van der Waals surface area contributed by atoms with E-state index in [0.29, 0.717) is 0 Å². The molecule has 0 spiro atoms. The minimum absolute atomic E-state index is 0.762. The van der Waals surface area contributed by atoms with Crippen LogP contribution in [0.2, 0.25) is 5.02 Å². The van der Waals surface area contributed by atoms with Crippen LogP contribution in [0, 0.1) is 0 Å². The van der Waals surface area contributed by atoms with E-state index in [4.69, 9.17) is 11.6 Å². The third-order valence-electron chi connectivity index (χ3n) is 2.67. The SMILES string of the molecule is Clc1cccc(Cc2nc(-c3cccs3)c[nH]2)c1. The second-order valence-corrected chi connectivity index (χ2v) is 5.40. The summed E-state index contributed by atoms with van der Waals surface area (Å²) < 4.78 is 0. The topological polar surface area (TPSA) is 28.7 Å². The molecule has 3 rings (SSSR count). The standard InChI is InChI=1S/C14H11ClN2S/c15-11-4-1-3-10(7-11)8-14-16-9-12(17-14)13-5-2-6-18-13/h1-7,9H,8H2,(H,16,17). The summed E-state index contributed by atoms with van der Waals surface area (Å²) in [4.78, 5) is 8.99. The van der Waals surface area contributed by atoms with Crippen LogP contribution in [0.1, 0.15) is 11.4 Å². The number of aromatic amines is 1. The van der Waals surface area contributed by atoms with Crippen LogP contribution in [0.15, 0.2) is 48.0 Å². The maximum Gasteiger partial charge on any atom is 0.111 e. The van der Waals surface area contributed by atoms with Crippen molar-refractivity contribution in [3.05, 3.63) is 64.4 Å². The minimum atomic E-state index is 0.762. The molecule has 0 saturated heterocycles. The van der Waals surface area contributed by atoms with Crippen LogP contribution < -0.4 is 0 Å². The number of thiophene rings is 1. The Kier molecular flexibility index (Phi) is 3.17. The Hall–Kier alpha value is -1.58. The van der Waals surface area contributed by atoms with E-state index in [0.717, 1.165) is 28.5 Å². The molecule has 2 aromatic heterocycles. The Morgan fingerprint density at radius 1 is 1.22 bits per heavy atom. The monoisotopic (exact) mass is 274 g/mol. The highest BCUT2D eigenvalue weighted by Gasteiger charge is 2.05. The van der Waals surface area contributed by atoms with E-state index in [2.05, 4.69) is 27.5 Å². The predicted molar refractivity (Wildman–Crippen MR) is 76.2 cm³/mol. The summed E-state index contributed by atoms with van der Waals surface area (Å²) in [6.45, 7) is 0. The molecule has 0 aliphatic heterocycles. The number of hydrogen-bond acceptors (Lipinski definition) is 2. The molecule has 18 heavy (non-hydrogen) atoms. The van der Waals surface area contributed by atoms with Gasteiger partial charge in [-0.1, -0.05) is 29.8 Å². The summed E-state index contributed by atoms with van der Waals surface area (Å²) in [5.74, 6) is 0.959. The first-order valence-corrected chi connectivity index (χ1v) is 6.89. The molecule has 1 N–H and O–H groups in total. The average Bonchev–Trinajstić information content (AvgIpc) is 2.98. The molecule has 0 saturated carbocycles. The molecule has 1 aromatic carbocycles. The highest BCUT2D eigenvalue weighted by atomic mass is 35.5. The molecule has 0 unspecified atom stereocenters. The van der Waals surface area contributed by atoms with Crippen LogP contribution in [0.4, 0.5) is 0 Å². The van der Waals surface area contributed by atoms with Gasteiger partial charge in [0.05, 0.1) is 10.6 Å². The second-order valence-electron chi connectivity index (χ2n) is 4.02. The first-order chi connectivity index (χ1) is 8.81. The number of aromatic nitrogens is 2. The Balaban J connectivity index is 1.82. The van der Waals surface area contributed by atoms with Gasteiger partial charge in [0, 0.05) is 17.6 Å². The van der Waals surface area contributed by atoms with Crippen molar-refractivity contribution in [3.8, 4) is 10.6 Å². The van der Waals surface area contributed by atoms with E-state index >= 15 is 0 Å². The maximum absolute atomic E-state index is 5.97. The van der Waals surface area contributed by atoms with Crippen molar-refractivity contribution in [2.45, 2.75) is 6.42 Å². The lowest BCUT2D eigenvalue weighted by molar-refractivity contribution is 1.03. The molecule has 0 amide bonds. The van der Waals surface area contributed by atoms with Crippen LogP contribution in [0.5, 0.6) is 0 Å². The van der Waals surface area contributed by atoms with Crippen molar-refractivity contribution in [2.75, 3.05) is 0 Å². The normalized spacial score (nSPS) is 10.7. The number of halogens is 1. The van der Waals surface area contributed by atoms with Crippen molar-refractivity contribution >= 4 is 22.9 Å². The Labute approximate surface area is 114 Å². The fraction of sp³-hybridized carbons (Fsp3) is 0.0714. The summed E-state index contributed by atoms with van der Waals surface area (Å²) in [5.41, 5.74) is 2.16. The summed E-state index contributed by atoms with van der Waals surface area (Å²) in [6.07, 6.45) is 2.72. The van der Waals surface area contributed by atoms with Gasteiger partial charge in [-0.2, -0.15) is 0 Å². The van der Waals surface area contributed by atoms with E-state index in [1.807, 2.05) is 30.5 Å². The lowest BCUT2D eigenvalue weighted by atomic mass is 10.1. The number of benzene rings is 1. The first kappa shape index (κ1) is 11.5. The predicted octanol–water partition coefficient (Wildman–Crippen LogP) is 4.38. The molecule has 0 fully saturated rings. The minimum Gasteiger partial charge on any atom is -0.348 e. The number of H-pyrrole nitrogens is 1. The van der Waals surface area contributed by atoms with Gasteiger partial charge < -0.3 is 4.98 Å². The zero-order valence-electron chi connectivity index (χ0n) is 9.56. The van der Waals surface area contributed by atoms with E-state index in [-0.39, 0.29) is 0 Å². The Morgan fingerprint density at radius 3 is 2.94 bits per heavy atom. The third kappa shape index (κ3) is 2.47. The molecule has 3 aromatic rings. The van der Waals surface area contributed by atoms with Crippen LogP contribution >= 0.6 is 22.9 Å². The molecule has 0 bridgehead atoms. The number of hydrogen-bond donors (Lipinski definition) is 1. The van der Waals surface area contributed by atoms with Gasteiger partial charge in [0.15, 0.2) is 0 Å². The molecule has 0 aliphatic carbocycles. The van der Waals surface area contributed by atoms with Gasteiger partial charge in [-0.05, 0) is 29.1 Å². The van der Waals surface area contributed by atoms with Gasteiger partial charge in [0.1, 0.15) is 5.82 Å². The van der Waals surface area contributed by atoms with E-state index in [1.165, 1.54) is 4.88 Å². The largest absolute Gasteiger partial charge is 0.348 e. The van der Waals surface area contributed by atoms with E-state index < -0.39 is 0 Å².